The topological polar surface area (TPSA) is 57.6 Å². The van der Waals surface area contributed by atoms with Gasteiger partial charge in [0, 0.05) is 0 Å². The first kappa shape index (κ1) is 14.0. The smallest absolute Gasteiger partial charge is 0.336 e. The average Bonchev–Trinajstić information content (AvgIpc) is 2.81. The van der Waals surface area contributed by atoms with Crippen molar-refractivity contribution in [2.24, 2.45) is 0 Å². The van der Waals surface area contributed by atoms with Crippen molar-refractivity contribution in [1.29, 1.82) is 0 Å². The van der Waals surface area contributed by atoms with E-state index in [1.54, 1.807) is 6.07 Å². The van der Waals surface area contributed by atoms with Gasteiger partial charge in [-0.1, -0.05) is 37.3 Å². The molecule has 0 aromatic heterocycles. The number of hydrogen-bond acceptors (Lipinski definition) is 2. The number of carboxylic acids is 1. The minimum absolute atomic E-state index is 0.0691. The summed E-state index contributed by atoms with van der Waals surface area (Å²) < 4.78 is 0. The third-order valence-corrected chi connectivity index (χ3v) is 5.05. The number of nitrogens with zero attached hydrogens (tertiary/aromatic N) is 1. The number of aryl methyl sites for hydroxylation is 1. The molecule has 0 fully saturated rings. The third-order valence-electron chi connectivity index (χ3n) is 5.05. The van der Waals surface area contributed by atoms with Crippen LogP contribution in [0.2, 0.25) is 0 Å². The van der Waals surface area contributed by atoms with Crippen LogP contribution in [0.1, 0.15) is 62.7 Å². The maximum Gasteiger partial charge on any atom is 0.336 e. The summed E-state index contributed by atoms with van der Waals surface area (Å²) in [6.07, 6.45) is 0.818. The number of benzene rings is 2. The number of rotatable bonds is 1. The van der Waals surface area contributed by atoms with Gasteiger partial charge < -0.3 is 10.0 Å². The Morgan fingerprint density at radius 1 is 1.17 bits per heavy atom. The van der Waals surface area contributed by atoms with Crippen LogP contribution in [0.15, 0.2) is 36.4 Å². The summed E-state index contributed by atoms with van der Waals surface area (Å²) in [5.74, 6) is -0.906. The van der Waals surface area contributed by atoms with Crippen molar-refractivity contribution in [3.8, 4) is 0 Å². The van der Waals surface area contributed by atoms with E-state index >= 15 is 0 Å². The van der Waals surface area contributed by atoms with Crippen LogP contribution in [0.5, 0.6) is 0 Å². The van der Waals surface area contributed by atoms with Gasteiger partial charge in [-0.15, -0.1) is 0 Å². The van der Waals surface area contributed by atoms with Crippen molar-refractivity contribution < 1.29 is 14.7 Å². The summed E-state index contributed by atoms with van der Waals surface area (Å²) >= 11 is 0. The lowest BCUT2D eigenvalue weighted by Crippen LogP contribution is -2.34. The molecular weight excluding hydrogens is 290 g/mol. The molecule has 0 spiro atoms. The number of para-hydroxylation sites is 1. The van der Waals surface area contributed by atoms with Crippen molar-refractivity contribution in [3.63, 3.8) is 0 Å². The molecule has 2 aromatic carbocycles. The summed E-state index contributed by atoms with van der Waals surface area (Å²) in [5.41, 5.74) is 4.47. The number of fused-ring (bicyclic) bond motifs is 5. The molecule has 2 aromatic rings. The van der Waals surface area contributed by atoms with Gasteiger partial charge in [0.15, 0.2) is 0 Å². The Kier molecular flexibility index (Phi) is 2.85. The van der Waals surface area contributed by atoms with Gasteiger partial charge in [0.05, 0.1) is 22.9 Å². The predicted octanol–water partition coefficient (Wildman–Crippen LogP) is 3.90. The Bertz CT molecular complexity index is 856. The van der Waals surface area contributed by atoms with Crippen molar-refractivity contribution >= 4 is 17.6 Å². The van der Waals surface area contributed by atoms with E-state index in [2.05, 4.69) is 13.0 Å². The van der Waals surface area contributed by atoms with E-state index in [4.69, 9.17) is 0 Å². The molecule has 1 unspecified atom stereocenters. The molecule has 0 saturated heterocycles. The van der Waals surface area contributed by atoms with E-state index in [0.717, 1.165) is 23.2 Å². The molecule has 4 heteroatoms. The Labute approximate surface area is 134 Å². The van der Waals surface area contributed by atoms with E-state index in [1.807, 2.05) is 30.0 Å². The first-order valence-corrected chi connectivity index (χ1v) is 7.80. The second-order valence-electron chi connectivity index (χ2n) is 6.42. The van der Waals surface area contributed by atoms with Gasteiger partial charge >= 0.3 is 5.97 Å². The molecule has 0 aliphatic carbocycles. The third kappa shape index (κ3) is 1.78. The summed E-state index contributed by atoms with van der Waals surface area (Å²) in [6, 6.07) is 11.2. The molecular formula is C19H17NO3. The second kappa shape index (κ2) is 4.69. The van der Waals surface area contributed by atoms with E-state index in [0.29, 0.717) is 11.5 Å². The number of hydrogen-bond donors (Lipinski definition) is 1. The van der Waals surface area contributed by atoms with Crippen LogP contribution < -0.4 is 4.90 Å². The van der Waals surface area contributed by atoms with Gasteiger partial charge in [-0.05, 0) is 42.0 Å². The van der Waals surface area contributed by atoms with E-state index in [-0.39, 0.29) is 17.5 Å². The van der Waals surface area contributed by atoms with Crippen molar-refractivity contribution in [1.82, 2.24) is 0 Å². The molecule has 1 N–H and O–H groups in total. The molecule has 2 heterocycles. The van der Waals surface area contributed by atoms with Crippen molar-refractivity contribution in [3.05, 3.63) is 64.2 Å². The summed E-state index contributed by atoms with van der Waals surface area (Å²) in [4.78, 5) is 26.4. The van der Waals surface area contributed by atoms with E-state index in [9.17, 15) is 14.7 Å². The van der Waals surface area contributed by atoms with Gasteiger partial charge in [0.25, 0.3) is 5.91 Å². The van der Waals surface area contributed by atoms with Crippen LogP contribution in [0.4, 0.5) is 5.69 Å². The van der Waals surface area contributed by atoms with Crippen molar-refractivity contribution in [2.75, 3.05) is 4.90 Å². The molecule has 1 amide bonds. The number of carboxylic acid groups (broad SMARTS) is 1. The fourth-order valence-electron chi connectivity index (χ4n) is 4.03. The number of carbonyl (C=O) groups excluding carboxylic acids is 1. The molecule has 2 aliphatic rings. The zero-order valence-electron chi connectivity index (χ0n) is 13.0. The normalized spacial score (nSPS) is 21.7. The van der Waals surface area contributed by atoms with Gasteiger partial charge in [-0.3, -0.25) is 4.79 Å². The van der Waals surface area contributed by atoms with Crippen LogP contribution >= 0.6 is 0 Å². The monoisotopic (exact) mass is 307 g/mol. The number of aromatic carboxylic acids is 1. The Morgan fingerprint density at radius 2 is 1.87 bits per heavy atom. The van der Waals surface area contributed by atoms with Gasteiger partial charge in [0.2, 0.25) is 0 Å². The van der Waals surface area contributed by atoms with Crippen LogP contribution in [0.25, 0.3) is 0 Å². The molecule has 0 radical (unpaired) electrons. The van der Waals surface area contributed by atoms with E-state index < -0.39 is 5.97 Å². The fourth-order valence-corrected chi connectivity index (χ4v) is 4.03. The fraction of sp³-hybridized carbons (Fsp3) is 0.263. The van der Waals surface area contributed by atoms with E-state index in [1.165, 1.54) is 11.6 Å². The quantitative estimate of drug-likeness (QED) is 0.869. The zero-order chi connectivity index (χ0) is 16.3. The molecule has 23 heavy (non-hydrogen) atoms. The zero-order valence-corrected chi connectivity index (χ0v) is 13.0. The highest BCUT2D eigenvalue weighted by atomic mass is 16.4. The highest BCUT2D eigenvalue weighted by Crippen LogP contribution is 2.51. The van der Waals surface area contributed by atoms with Gasteiger partial charge in [-0.2, -0.15) is 0 Å². The molecule has 0 bridgehead atoms. The Balaban J connectivity index is 1.98. The van der Waals surface area contributed by atoms with Gasteiger partial charge in [0.1, 0.15) is 0 Å². The molecule has 0 saturated carbocycles. The lowest BCUT2D eigenvalue weighted by Gasteiger charge is -2.37. The van der Waals surface area contributed by atoms with Crippen LogP contribution in [0.3, 0.4) is 0 Å². The minimum atomic E-state index is -1.05. The Hall–Kier alpha value is -2.62. The molecule has 2 atom stereocenters. The first-order chi connectivity index (χ1) is 11.0. The Morgan fingerprint density at radius 3 is 2.61 bits per heavy atom. The SMILES string of the molecule is Cc1cccc2c1N1C(=O)c3c(C(=O)O)cccc3[C@H]1CC2C. The van der Waals surface area contributed by atoms with Crippen LogP contribution in [-0.4, -0.2) is 17.0 Å². The summed E-state index contributed by atoms with van der Waals surface area (Å²) in [5, 5.41) is 9.43. The maximum atomic E-state index is 13.0. The van der Waals surface area contributed by atoms with Crippen LogP contribution in [0, 0.1) is 6.92 Å². The number of amides is 1. The molecule has 4 rings (SSSR count). The molecule has 2 aliphatic heterocycles. The minimum Gasteiger partial charge on any atom is -0.478 e. The van der Waals surface area contributed by atoms with Crippen molar-refractivity contribution in [2.45, 2.75) is 32.2 Å². The lowest BCUT2D eigenvalue weighted by atomic mass is 9.84. The number of carbonyl (C=O) groups is 2. The van der Waals surface area contributed by atoms with Crippen LogP contribution in [-0.2, 0) is 0 Å². The molecule has 4 nitrogen and oxygen atoms in total. The maximum absolute atomic E-state index is 13.0. The number of anilines is 1. The largest absolute Gasteiger partial charge is 0.478 e. The standard InChI is InChI=1S/C19H17NO3/c1-10-5-3-6-12-11(2)9-15-13-7-4-8-14(19(22)23)16(13)18(21)20(15)17(10)12/h3-8,11,15H,9H2,1-2H3,(H,22,23)/t11?,15-/m1/s1. The lowest BCUT2D eigenvalue weighted by molar-refractivity contribution is 0.0692. The summed E-state index contributed by atoms with van der Waals surface area (Å²) in [7, 11) is 0. The second-order valence-corrected chi connectivity index (χ2v) is 6.42. The van der Waals surface area contributed by atoms with Gasteiger partial charge in [-0.25, -0.2) is 4.79 Å². The highest BCUT2D eigenvalue weighted by Gasteiger charge is 2.45. The average molecular weight is 307 g/mol. The molecule has 116 valence electrons. The highest BCUT2D eigenvalue weighted by molar-refractivity contribution is 6.17. The first-order valence-electron chi connectivity index (χ1n) is 7.80. The summed E-state index contributed by atoms with van der Waals surface area (Å²) in [6.45, 7) is 4.17. The predicted molar refractivity (Wildman–Crippen MR) is 87.2 cm³/mol.